The van der Waals surface area contributed by atoms with Crippen LogP contribution in [0.1, 0.15) is 32.7 Å². The third kappa shape index (κ3) is 3.46. The maximum absolute atomic E-state index is 13.9. The van der Waals surface area contributed by atoms with Gasteiger partial charge >= 0.3 is 0 Å². The summed E-state index contributed by atoms with van der Waals surface area (Å²) in [5.41, 5.74) is 1.56. The van der Waals surface area contributed by atoms with Gasteiger partial charge in [-0.25, -0.2) is 9.38 Å². The van der Waals surface area contributed by atoms with E-state index in [-0.39, 0.29) is 5.82 Å². The molecule has 0 bridgehead atoms. The Kier molecular flexibility index (Phi) is 5.08. The van der Waals surface area contributed by atoms with Gasteiger partial charge < -0.3 is 4.57 Å². The van der Waals surface area contributed by atoms with E-state index < -0.39 is 0 Å². The van der Waals surface area contributed by atoms with Gasteiger partial charge in [-0.3, -0.25) is 0 Å². The molecule has 0 spiro atoms. The van der Waals surface area contributed by atoms with Crippen molar-refractivity contribution in [1.29, 1.82) is 0 Å². The summed E-state index contributed by atoms with van der Waals surface area (Å²) in [6, 6.07) is 11.2. The number of benzene rings is 1. The molecule has 0 saturated heterocycles. The molecular formula is C18H19FN2S2. The van der Waals surface area contributed by atoms with Crippen molar-refractivity contribution in [3.05, 3.63) is 57.8 Å². The van der Waals surface area contributed by atoms with Gasteiger partial charge in [-0.2, -0.15) is 0 Å². The third-order valence-corrected chi connectivity index (χ3v) is 5.46. The van der Waals surface area contributed by atoms with Crippen molar-refractivity contribution in [2.75, 3.05) is 0 Å². The number of thiophene rings is 1. The van der Waals surface area contributed by atoms with E-state index >= 15 is 0 Å². The fourth-order valence-corrected chi connectivity index (χ4v) is 4.44. The third-order valence-electron chi connectivity index (χ3n) is 3.73. The molecular weight excluding hydrogens is 327 g/mol. The molecule has 5 heteroatoms. The summed E-state index contributed by atoms with van der Waals surface area (Å²) in [7, 11) is 0. The van der Waals surface area contributed by atoms with Crippen LogP contribution in [0.5, 0.6) is 0 Å². The van der Waals surface area contributed by atoms with Crippen LogP contribution >= 0.6 is 22.7 Å². The minimum Gasteiger partial charge on any atom is -0.313 e. The zero-order chi connectivity index (χ0) is 16.2. The molecule has 2 aromatic heterocycles. The smallest absolute Gasteiger partial charge is 0.190 e. The van der Waals surface area contributed by atoms with Gasteiger partial charge in [0.25, 0.3) is 0 Å². The lowest BCUT2D eigenvalue weighted by molar-refractivity contribution is 0.495. The molecule has 0 N–H and O–H groups in total. The Morgan fingerprint density at radius 3 is 2.70 bits per heavy atom. The first-order valence-electron chi connectivity index (χ1n) is 7.74. The number of para-hydroxylation sites is 1. The summed E-state index contributed by atoms with van der Waals surface area (Å²) in [5, 5.41) is 4.20. The minimum absolute atomic E-state index is 0.284. The highest BCUT2D eigenvalue weighted by Crippen LogP contribution is 2.29. The van der Waals surface area contributed by atoms with E-state index in [0.29, 0.717) is 11.7 Å². The molecule has 1 unspecified atom stereocenters. The number of hydrogen-bond acceptors (Lipinski definition) is 3. The van der Waals surface area contributed by atoms with Crippen molar-refractivity contribution in [2.24, 2.45) is 4.99 Å². The van der Waals surface area contributed by atoms with Crippen LogP contribution < -0.4 is 4.80 Å². The van der Waals surface area contributed by atoms with Gasteiger partial charge in [0.15, 0.2) is 4.80 Å². The number of aromatic nitrogens is 1. The molecule has 0 aliphatic rings. The Balaban J connectivity index is 2.16. The number of hydrogen-bond donors (Lipinski definition) is 0. The maximum Gasteiger partial charge on any atom is 0.190 e. The molecule has 3 aromatic rings. The monoisotopic (exact) mass is 346 g/mol. The van der Waals surface area contributed by atoms with Crippen molar-refractivity contribution in [1.82, 2.24) is 4.57 Å². The predicted molar refractivity (Wildman–Crippen MR) is 96.9 cm³/mol. The minimum atomic E-state index is -0.284. The Morgan fingerprint density at radius 2 is 2.00 bits per heavy atom. The molecule has 23 heavy (non-hydrogen) atoms. The topological polar surface area (TPSA) is 17.3 Å². The fraction of sp³-hybridized carbons (Fsp3) is 0.278. The van der Waals surface area contributed by atoms with Gasteiger partial charge in [0.1, 0.15) is 11.5 Å². The van der Waals surface area contributed by atoms with E-state index in [9.17, 15) is 4.39 Å². The van der Waals surface area contributed by atoms with E-state index in [1.165, 1.54) is 16.6 Å². The number of thiazole rings is 1. The van der Waals surface area contributed by atoms with Crippen LogP contribution in [0.15, 0.2) is 52.2 Å². The molecule has 2 nitrogen and oxygen atoms in total. The molecule has 0 fully saturated rings. The highest BCUT2D eigenvalue weighted by atomic mass is 32.1. The second-order valence-electron chi connectivity index (χ2n) is 5.45. The molecule has 0 amide bonds. The average Bonchev–Trinajstić information content (AvgIpc) is 3.19. The second kappa shape index (κ2) is 7.23. The number of rotatable bonds is 5. The van der Waals surface area contributed by atoms with E-state index in [4.69, 9.17) is 0 Å². The van der Waals surface area contributed by atoms with E-state index in [0.717, 1.165) is 17.6 Å². The maximum atomic E-state index is 13.9. The standard InChI is InChI=1S/C18H19FN2S2/c1-3-7-13(2)21-16(17-10-6-11-22-17)12-23-18(21)20-15-9-5-4-8-14(15)19/h4-6,8-13H,3,7H2,1-2H3. The van der Waals surface area contributed by atoms with Crippen molar-refractivity contribution in [2.45, 2.75) is 32.7 Å². The van der Waals surface area contributed by atoms with Crippen LogP contribution in [0, 0.1) is 5.82 Å². The van der Waals surface area contributed by atoms with Gasteiger partial charge in [0.05, 0.1) is 10.6 Å². The van der Waals surface area contributed by atoms with Crippen LogP contribution in [0.2, 0.25) is 0 Å². The van der Waals surface area contributed by atoms with Crippen LogP contribution in [0.25, 0.3) is 10.6 Å². The largest absolute Gasteiger partial charge is 0.313 e. The van der Waals surface area contributed by atoms with Crippen molar-refractivity contribution in [3.8, 4) is 10.6 Å². The first-order chi connectivity index (χ1) is 11.2. The zero-order valence-corrected chi connectivity index (χ0v) is 14.8. The van der Waals surface area contributed by atoms with Crippen molar-refractivity contribution < 1.29 is 4.39 Å². The quantitative estimate of drug-likeness (QED) is 0.538. The number of nitrogens with zero attached hydrogens (tertiary/aromatic N) is 2. The molecule has 3 rings (SSSR count). The normalized spacial score (nSPS) is 13.4. The highest BCUT2D eigenvalue weighted by Gasteiger charge is 2.14. The van der Waals surface area contributed by atoms with Gasteiger partial charge in [0.2, 0.25) is 0 Å². The highest BCUT2D eigenvalue weighted by molar-refractivity contribution is 7.14. The van der Waals surface area contributed by atoms with Gasteiger partial charge in [-0.15, -0.1) is 22.7 Å². The Labute approximate surface area is 143 Å². The zero-order valence-electron chi connectivity index (χ0n) is 13.2. The van der Waals surface area contributed by atoms with Gasteiger partial charge in [0, 0.05) is 11.4 Å². The Hall–Kier alpha value is -1.72. The summed E-state index contributed by atoms with van der Waals surface area (Å²) in [5.74, 6) is -0.284. The fourth-order valence-electron chi connectivity index (χ4n) is 2.62. The lowest BCUT2D eigenvalue weighted by Gasteiger charge is -2.16. The molecule has 2 heterocycles. The second-order valence-corrected chi connectivity index (χ2v) is 7.24. The molecule has 0 aliphatic heterocycles. The van der Waals surface area contributed by atoms with Crippen LogP contribution in [-0.4, -0.2) is 4.57 Å². The summed E-state index contributed by atoms with van der Waals surface area (Å²) < 4.78 is 16.2. The molecule has 0 radical (unpaired) electrons. The summed E-state index contributed by atoms with van der Waals surface area (Å²) in [6.45, 7) is 4.38. The SMILES string of the molecule is CCCC(C)n1c(-c2cccs2)csc1=Nc1ccccc1F. The van der Waals surface area contributed by atoms with Crippen LogP contribution in [0.4, 0.5) is 10.1 Å². The summed E-state index contributed by atoms with van der Waals surface area (Å²) >= 11 is 3.29. The molecule has 1 aromatic carbocycles. The predicted octanol–water partition coefficient (Wildman–Crippen LogP) is 6.01. The number of halogens is 1. The van der Waals surface area contributed by atoms with E-state index in [2.05, 4.69) is 46.3 Å². The molecule has 1 atom stereocenters. The van der Waals surface area contributed by atoms with Crippen LogP contribution in [0.3, 0.4) is 0 Å². The Morgan fingerprint density at radius 1 is 1.17 bits per heavy atom. The average molecular weight is 346 g/mol. The lowest BCUT2D eigenvalue weighted by atomic mass is 10.2. The van der Waals surface area contributed by atoms with E-state index in [1.54, 1.807) is 34.8 Å². The van der Waals surface area contributed by atoms with Gasteiger partial charge in [-0.05, 0) is 36.9 Å². The molecule has 120 valence electrons. The lowest BCUT2D eigenvalue weighted by Crippen LogP contribution is -2.19. The summed E-state index contributed by atoms with van der Waals surface area (Å²) in [6.07, 6.45) is 2.17. The van der Waals surface area contributed by atoms with Gasteiger partial charge in [-0.1, -0.05) is 31.5 Å². The molecule has 0 aliphatic carbocycles. The Bertz CT molecular complexity index is 831. The van der Waals surface area contributed by atoms with E-state index in [1.807, 2.05) is 6.07 Å². The van der Waals surface area contributed by atoms with Crippen molar-refractivity contribution in [3.63, 3.8) is 0 Å². The molecule has 0 saturated carbocycles. The first-order valence-corrected chi connectivity index (χ1v) is 9.49. The first kappa shape index (κ1) is 16.1. The van der Waals surface area contributed by atoms with Crippen molar-refractivity contribution >= 4 is 28.4 Å². The summed E-state index contributed by atoms with van der Waals surface area (Å²) in [4.78, 5) is 6.65. The van der Waals surface area contributed by atoms with Crippen LogP contribution in [-0.2, 0) is 0 Å².